The fraction of sp³-hybridized carbons (Fsp3) is 0.263. The molecule has 136 valence electrons. The molecule has 7 heteroatoms. The second kappa shape index (κ2) is 8.08. The third-order valence-corrected chi connectivity index (χ3v) is 4.92. The Bertz CT molecular complexity index is 841. The van der Waals surface area contributed by atoms with Crippen molar-refractivity contribution < 1.29 is 14.3 Å². The number of nitrogens with zero attached hydrogens (tertiary/aromatic N) is 1. The van der Waals surface area contributed by atoms with Gasteiger partial charge in [0, 0.05) is 23.4 Å². The van der Waals surface area contributed by atoms with Crippen molar-refractivity contribution in [1.29, 1.82) is 0 Å². The highest BCUT2D eigenvalue weighted by atomic mass is 35.5. The molecule has 3 rings (SSSR count). The zero-order valence-electron chi connectivity index (χ0n) is 14.2. The van der Waals surface area contributed by atoms with Gasteiger partial charge >= 0.3 is 0 Å². The van der Waals surface area contributed by atoms with E-state index in [1.165, 1.54) is 6.07 Å². The number of carbonyl (C=O) groups excluding carboxylic acids is 2. The van der Waals surface area contributed by atoms with Gasteiger partial charge in [0.25, 0.3) is 11.8 Å². The number of benzene rings is 2. The van der Waals surface area contributed by atoms with Crippen molar-refractivity contribution in [2.45, 2.75) is 13.0 Å². The van der Waals surface area contributed by atoms with Gasteiger partial charge in [0.05, 0.1) is 29.3 Å². The molecule has 26 heavy (non-hydrogen) atoms. The molecule has 2 amide bonds. The predicted octanol–water partition coefficient (Wildman–Crippen LogP) is 4.11. The molecule has 2 aromatic rings. The van der Waals surface area contributed by atoms with Gasteiger partial charge < -0.3 is 15.0 Å². The number of rotatable bonds is 3. The molecule has 1 saturated heterocycles. The SMILES string of the molecule is CC1COCCN1C(=O)c1cccc(NC(=O)c2ccc(Cl)c(Cl)c2)c1. The topological polar surface area (TPSA) is 58.6 Å². The molecule has 1 unspecified atom stereocenters. The summed E-state index contributed by atoms with van der Waals surface area (Å²) in [6, 6.07) is 11.6. The van der Waals surface area contributed by atoms with Gasteiger partial charge in [0.2, 0.25) is 0 Å². The lowest BCUT2D eigenvalue weighted by molar-refractivity contribution is 0.00359. The van der Waals surface area contributed by atoms with Crippen LogP contribution in [0.4, 0.5) is 5.69 Å². The summed E-state index contributed by atoms with van der Waals surface area (Å²) in [5.41, 5.74) is 1.44. The van der Waals surface area contributed by atoms with Crippen LogP contribution in [0.5, 0.6) is 0 Å². The Labute approximate surface area is 161 Å². The smallest absolute Gasteiger partial charge is 0.255 e. The molecule has 1 atom stereocenters. The highest BCUT2D eigenvalue weighted by molar-refractivity contribution is 6.42. The maximum atomic E-state index is 12.7. The normalized spacial score (nSPS) is 17.0. The van der Waals surface area contributed by atoms with Crippen LogP contribution in [0.1, 0.15) is 27.6 Å². The zero-order chi connectivity index (χ0) is 18.7. The predicted molar refractivity (Wildman–Crippen MR) is 102 cm³/mol. The summed E-state index contributed by atoms with van der Waals surface area (Å²) in [5.74, 6) is -0.403. The number of amides is 2. The highest BCUT2D eigenvalue weighted by Gasteiger charge is 2.24. The third-order valence-electron chi connectivity index (χ3n) is 4.18. The van der Waals surface area contributed by atoms with E-state index in [0.29, 0.717) is 46.6 Å². The quantitative estimate of drug-likeness (QED) is 0.854. The lowest BCUT2D eigenvalue weighted by atomic mass is 10.1. The molecular weight excluding hydrogens is 375 g/mol. The molecule has 0 aliphatic carbocycles. The standard InChI is InChI=1S/C19H18Cl2N2O3/c1-12-11-26-8-7-23(12)19(25)14-3-2-4-15(9-14)22-18(24)13-5-6-16(20)17(21)10-13/h2-6,9-10,12H,7-8,11H2,1H3,(H,22,24). The average Bonchev–Trinajstić information content (AvgIpc) is 2.64. The number of nitrogens with one attached hydrogen (secondary N) is 1. The van der Waals surface area contributed by atoms with Crippen molar-refractivity contribution in [3.8, 4) is 0 Å². The van der Waals surface area contributed by atoms with Crippen LogP contribution in [0.2, 0.25) is 10.0 Å². The van der Waals surface area contributed by atoms with Gasteiger partial charge in [-0.1, -0.05) is 29.3 Å². The Morgan fingerprint density at radius 2 is 1.92 bits per heavy atom. The Hall–Kier alpha value is -2.08. The fourth-order valence-electron chi connectivity index (χ4n) is 2.77. The number of carbonyl (C=O) groups is 2. The largest absolute Gasteiger partial charge is 0.377 e. The number of morpholine rings is 1. The summed E-state index contributed by atoms with van der Waals surface area (Å²) in [6.07, 6.45) is 0. The Morgan fingerprint density at radius 3 is 2.65 bits per heavy atom. The minimum atomic E-state index is -0.326. The molecule has 1 N–H and O–H groups in total. The van der Waals surface area contributed by atoms with Crippen molar-refractivity contribution in [1.82, 2.24) is 4.90 Å². The number of anilines is 1. The Morgan fingerprint density at radius 1 is 1.12 bits per heavy atom. The summed E-state index contributed by atoms with van der Waals surface area (Å²) in [6.45, 7) is 3.57. The van der Waals surface area contributed by atoms with Crippen LogP contribution < -0.4 is 5.32 Å². The lowest BCUT2D eigenvalue weighted by Crippen LogP contribution is -2.47. The van der Waals surface area contributed by atoms with Crippen LogP contribution in [0.15, 0.2) is 42.5 Å². The Kier molecular flexibility index (Phi) is 5.81. The van der Waals surface area contributed by atoms with Crippen molar-refractivity contribution in [3.63, 3.8) is 0 Å². The van der Waals surface area contributed by atoms with Crippen LogP contribution in [-0.4, -0.2) is 42.5 Å². The Balaban J connectivity index is 1.75. The first-order valence-electron chi connectivity index (χ1n) is 8.21. The minimum Gasteiger partial charge on any atom is -0.377 e. The fourth-order valence-corrected chi connectivity index (χ4v) is 3.06. The number of hydrogen-bond acceptors (Lipinski definition) is 3. The van der Waals surface area contributed by atoms with E-state index in [0.717, 1.165) is 0 Å². The summed E-state index contributed by atoms with van der Waals surface area (Å²) >= 11 is 11.8. The molecule has 1 aliphatic rings. The molecule has 2 aromatic carbocycles. The molecule has 0 bridgehead atoms. The molecule has 0 aromatic heterocycles. The maximum absolute atomic E-state index is 12.7. The van der Waals surface area contributed by atoms with E-state index in [1.807, 2.05) is 6.92 Å². The molecule has 0 radical (unpaired) electrons. The number of halogens is 2. The maximum Gasteiger partial charge on any atom is 0.255 e. The van der Waals surface area contributed by atoms with Crippen LogP contribution in [0, 0.1) is 0 Å². The van der Waals surface area contributed by atoms with Gasteiger partial charge in [-0.15, -0.1) is 0 Å². The van der Waals surface area contributed by atoms with Crippen molar-refractivity contribution in [2.24, 2.45) is 0 Å². The second-order valence-electron chi connectivity index (χ2n) is 6.09. The van der Waals surface area contributed by atoms with Crippen molar-refractivity contribution >= 4 is 40.7 Å². The van der Waals surface area contributed by atoms with Gasteiger partial charge in [-0.05, 0) is 43.3 Å². The number of ether oxygens (including phenoxy) is 1. The molecule has 0 saturated carbocycles. The van der Waals surface area contributed by atoms with Crippen LogP contribution in [0.3, 0.4) is 0 Å². The van der Waals surface area contributed by atoms with E-state index in [4.69, 9.17) is 27.9 Å². The van der Waals surface area contributed by atoms with E-state index in [2.05, 4.69) is 5.32 Å². The zero-order valence-corrected chi connectivity index (χ0v) is 15.7. The molecule has 1 fully saturated rings. The second-order valence-corrected chi connectivity index (χ2v) is 6.90. The summed E-state index contributed by atoms with van der Waals surface area (Å²) in [7, 11) is 0. The van der Waals surface area contributed by atoms with Gasteiger partial charge in [0.1, 0.15) is 0 Å². The molecule has 5 nitrogen and oxygen atoms in total. The van der Waals surface area contributed by atoms with Gasteiger partial charge in [0.15, 0.2) is 0 Å². The molecular formula is C19H18Cl2N2O3. The average molecular weight is 393 g/mol. The molecule has 0 spiro atoms. The first-order chi connectivity index (χ1) is 12.5. The lowest BCUT2D eigenvalue weighted by Gasteiger charge is -2.33. The van der Waals surface area contributed by atoms with Crippen molar-refractivity contribution in [3.05, 3.63) is 63.6 Å². The van der Waals surface area contributed by atoms with Crippen LogP contribution in [-0.2, 0) is 4.74 Å². The van der Waals surface area contributed by atoms with Crippen molar-refractivity contribution in [2.75, 3.05) is 25.1 Å². The van der Waals surface area contributed by atoms with Gasteiger partial charge in [-0.2, -0.15) is 0 Å². The van der Waals surface area contributed by atoms with Gasteiger partial charge in [-0.25, -0.2) is 0 Å². The summed E-state index contributed by atoms with van der Waals surface area (Å²) < 4.78 is 5.37. The minimum absolute atomic E-state index is 0.0192. The van der Waals surface area contributed by atoms with Gasteiger partial charge in [-0.3, -0.25) is 9.59 Å². The van der Waals surface area contributed by atoms with E-state index < -0.39 is 0 Å². The van der Waals surface area contributed by atoms with E-state index in [9.17, 15) is 9.59 Å². The molecule has 1 aliphatic heterocycles. The summed E-state index contributed by atoms with van der Waals surface area (Å²) in [4.78, 5) is 26.9. The van der Waals surface area contributed by atoms with E-state index in [1.54, 1.807) is 41.3 Å². The van der Waals surface area contributed by atoms with Crippen LogP contribution >= 0.6 is 23.2 Å². The summed E-state index contributed by atoms with van der Waals surface area (Å²) in [5, 5.41) is 3.47. The third kappa shape index (κ3) is 4.18. The first-order valence-corrected chi connectivity index (χ1v) is 8.96. The molecule has 1 heterocycles. The van der Waals surface area contributed by atoms with E-state index >= 15 is 0 Å². The monoisotopic (exact) mass is 392 g/mol. The highest BCUT2D eigenvalue weighted by Crippen LogP contribution is 2.23. The van der Waals surface area contributed by atoms with Crippen LogP contribution in [0.25, 0.3) is 0 Å². The first kappa shape index (κ1) is 18.7. The van der Waals surface area contributed by atoms with E-state index in [-0.39, 0.29) is 17.9 Å². The number of hydrogen-bond donors (Lipinski definition) is 1.